The van der Waals surface area contributed by atoms with Crippen molar-refractivity contribution in [2.45, 2.75) is 0 Å². The zero-order valence-corrected chi connectivity index (χ0v) is 16.2. The number of nitrogens with one attached hydrogen (secondary N) is 1. The Balaban J connectivity index is 1.98. The van der Waals surface area contributed by atoms with Gasteiger partial charge in [-0.2, -0.15) is 0 Å². The summed E-state index contributed by atoms with van der Waals surface area (Å²) in [5, 5.41) is 2.69. The van der Waals surface area contributed by atoms with Gasteiger partial charge in [0, 0.05) is 13.7 Å². The lowest BCUT2D eigenvalue weighted by Gasteiger charge is -2.09. The second-order valence-electron chi connectivity index (χ2n) is 6.33. The van der Waals surface area contributed by atoms with Crippen molar-refractivity contribution in [3.8, 4) is 5.69 Å². The van der Waals surface area contributed by atoms with Crippen LogP contribution in [0.5, 0.6) is 0 Å². The molecule has 1 amide bonds. The van der Waals surface area contributed by atoms with Crippen LogP contribution < -0.4 is 11.1 Å². The zero-order valence-electron chi connectivity index (χ0n) is 15.4. The minimum atomic E-state index is -0.556. The molecule has 29 heavy (non-hydrogen) atoms. The molecule has 7 nitrogen and oxygen atoms in total. The summed E-state index contributed by atoms with van der Waals surface area (Å²) in [4.78, 5) is 22.1. The molecule has 0 saturated carbocycles. The van der Waals surface area contributed by atoms with Crippen LogP contribution >= 0.6 is 11.6 Å². The topological polar surface area (TPSA) is 95.1 Å². The van der Waals surface area contributed by atoms with Gasteiger partial charge in [-0.25, -0.2) is 14.4 Å². The van der Waals surface area contributed by atoms with Crippen molar-refractivity contribution < 1.29 is 13.9 Å². The summed E-state index contributed by atoms with van der Waals surface area (Å²) in [6, 6.07) is 11.5. The van der Waals surface area contributed by atoms with E-state index in [9.17, 15) is 9.18 Å². The number of halogens is 2. The number of nitrogen functional groups attached to an aromatic ring is 1. The second-order valence-corrected chi connectivity index (χ2v) is 6.73. The van der Waals surface area contributed by atoms with Gasteiger partial charge in [0.2, 0.25) is 0 Å². The summed E-state index contributed by atoms with van der Waals surface area (Å²) in [5.74, 6) is -0.825. The van der Waals surface area contributed by atoms with Gasteiger partial charge in [-0.1, -0.05) is 23.7 Å². The van der Waals surface area contributed by atoms with E-state index in [1.54, 1.807) is 17.7 Å². The number of para-hydroxylation sites is 2. The number of amides is 1. The average Bonchev–Trinajstić information content (AvgIpc) is 2.99. The lowest BCUT2D eigenvalue weighted by atomic mass is 10.2. The average molecular weight is 414 g/mol. The van der Waals surface area contributed by atoms with Crippen LogP contribution in [0.2, 0.25) is 5.02 Å². The number of ether oxygens (including phenoxy) is 1. The molecular weight excluding hydrogens is 397 g/mol. The Morgan fingerprint density at radius 1 is 1.24 bits per heavy atom. The Morgan fingerprint density at radius 3 is 2.66 bits per heavy atom. The second kappa shape index (κ2) is 7.65. The van der Waals surface area contributed by atoms with Crippen LogP contribution in [-0.4, -0.2) is 40.7 Å². The molecule has 0 unspecified atom stereocenters. The number of nitrogens with zero attached hydrogens (tertiary/aromatic N) is 3. The fourth-order valence-electron chi connectivity index (χ4n) is 3.13. The first-order valence-electron chi connectivity index (χ1n) is 8.80. The number of hydrogen-bond donors (Lipinski definition) is 2. The lowest BCUT2D eigenvalue weighted by molar-refractivity contribution is 0.0939. The van der Waals surface area contributed by atoms with E-state index in [-0.39, 0.29) is 16.4 Å². The van der Waals surface area contributed by atoms with E-state index in [0.717, 1.165) is 0 Å². The maximum Gasteiger partial charge on any atom is 0.257 e. The highest BCUT2D eigenvalue weighted by atomic mass is 35.5. The van der Waals surface area contributed by atoms with E-state index in [4.69, 9.17) is 22.1 Å². The summed E-state index contributed by atoms with van der Waals surface area (Å²) >= 11 is 5.96. The third kappa shape index (κ3) is 3.37. The molecule has 0 atom stereocenters. The van der Waals surface area contributed by atoms with Crippen LogP contribution in [0.25, 0.3) is 27.9 Å². The smallest absolute Gasteiger partial charge is 0.257 e. The molecule has 0 saturated heterocycles. The van der Waals surface area contributed by atoms with E-state index < -0.39 is 11.7 Å². The molecule has 0 aliphatic heterocycles. The van der Waals surface area contributed by atoms with Gasteiger partial charge in [-0.15, -0.1) is 0 Å². The molecule has 2 heterocycles. The van der Waals surface area contributed by atoms with E-state index in [1.807, 2.05) is 18.2 Å². The van der Waals surface area contributed by atoms with Gasteiger partial charge in [0.25, 0.3) is 5.91 Å². The number of hydrogen-bond acceptors (Lipinski definition) is 5. The van der Waals surface area contributed by atoms with Crippen LogP contribution in [0.4, 0.5) is 10.2 Å². The summed E-state index contributed by atoms with van der Waals surface area (Å²) in [5.41, 5.74) is 9.00. The van der Waals surface area contributed by atoms with Crippen molar-refractivity contribution in [3.63, 3.8) is 0 Å². The minimum Gasteiger partial charge on any atom is -0.384 e. The fourth-order valence-corrected chi connectivity index (χ4v) is 3.30. The monoisotopic (exact) mass is 413 g/mol. The van der Waals surface area contributed by atoms with Crippen molar-refractivity contribution in [3.05, 3.63) is 58.9 Å². The minimum absolute atomic E-state index is 0.0661. The molecule has 9 heteroatoms. The molecule has 0 fully saturated rings. The summed E-state index contributed by atoms with van der Waals surface area (Å²) in [6.07, 6.45) is 0. The highest BCUT2D eigenvalue weighted by Gasteiger charge is 2.25. The standard InChI is InChI=1S/C20H17ClFN5O2/c1-29-9-8-24-20(28)16-17-19(26-15-5-3-2-4-14(15)25-17)27(18(16)23)11-6-7-13(22)12(21)10-11/h2-7,10H,8-9,23H2,1H3,(H,24,28). The fraction of sp³-hybridized carbons (Fsp3) is 0.150. The highest BCUT2D eigenvalue weighted by Crippen LogP contribution is 2.32. The van der Waals surface area contributed by atoms with Crippen LogP contribution in [0.15, 0.2) is 42.5 Å². The lowest BCUT2D eigenvalue weighted by Crippen LogP contribution is -2.27. The molecule has 4 aromatic rings. The van der Waals surface area contributed by atoms with E-state index in [2.05, 4.69) is 15.3 Å². The summed E-state index contributed by atoms with van der Waals surface area (Å²) in [7, 11) is 1.54. The molecule has 0 radical (unpaired) electrons. The van der Waals surface area contributed by atoms with Crippen molar-refractivity contribution in [2.24, 2.45) is 0 Å². The molecule has 0 aliphatic rings. The number of benzene rings is 2. The van der Waals surface area contributed by atoms with Gasteiger partial charge in [-0.05, 0) is 30.3 Å². The largest absolute Gasteiger partial charge is 0.384 e. The number of anilines is 1. The van der Waals surface area contributed by atoms with Crippen molar-refractivity contribution in [1.29, 1.82) is 0 Å². The Kier molecular flexibility index (Phi) is 5.04. The molecule has 0 spiro atoms. The van der Waals surface area contributed by atoms with E-state index in [0.29, 0.717) is 41.0 Å². The van der Waals surface area contributed by atoms with Crippen molar-refractivity contribution in [1.82, 2.24) is 19.9 Å². The normalized spacial score (nSPS) is 11.3. The highest BCUT2D eigenvalue weighted by molar-refractivity contribution is 6.31. The van der Waals surface area contributed by atoms with Crippen LogP contribution in [-0.2, 0) is 4.74 Å². The third-order valence-electron chi connectivity index (χ3n) is 4.48. The SMILES string of the molecule is COCCNC(=O)c1c(N)n(-c2ccc(F)c(Cl)c2)c2nc3ccccc3nc12. The van der Waals surface area contributed by atoms with Gasteiger partial charge in [0.05, 0.1) is 28.4 Å². The molecule has 2 aromatic heterocycles. The van der Waals surface area contributed by atoms with Gasteiger partial charge in [0.1, 0.15) is 22.7 Å². The maximum absolute atomic E-state index is 13.7. The predicted octanol–water partition coefficient (Wildman–Crippen LogP) is 3.32. The first-order valence-corrected chi connectivity index (χ1v) is 9.18. The zero-order chi connectivity index (χ0) is 20.5. The van der Waals surface area contributed by atoms with Crippen molar-refractivity contribution >= 4 is 45.5 Å². The van der Waals surface area contributed by atoms with Crippen molar-refractivity contribution in [2.75, 3.05) is 26.0 Å². The summed E-state index contributed by atoms with van der Waals surface area (Å²) in [6.45, 7) is 0.664. The molecule has 3 N–H and O–H groups in total. The van der Waals surface area contributed by atoms with Gasteiger partial charge in [0.15, 0.2) is 5.65 Å². The number of methoxy groups -OCH3 is 1. The molecular formula is C20H17ClFN5O2. The van der Waals surface area contributed by atoms with Crippen LogP contribution in [0.3, 0.4) is 0 Å². The Hall–Kier alpha value is -3.23. The first-order chi connectivity index (χ1) is 14.0. The van der Waals surface area contributed by atoms with Crippen LogP contribution in [0.1, 0.15) is 10.4 Å². The number of carbonyl (C=O) groups excluding carboxylic acids is 1. The number of carbonyl (C=O) groups is 1. The first kappa shape index (κ1) is 19.1. The number of fused-ring (bicyclic) bond motifs is 2. The van der Waals surface area contributed by atoms with E-state index in [1.165, 1.54) is 18.2 Å². The Bertz CT molecular complexity index is 1240. The number of aromatic nitrogens is 3. The molecule has 148 valence electrons. The number of nitrogens with two attached hydrogens (primary N) is 1. The molecule has 4 rings (SSSR count). The Labute approximate surface area is 170 Å². The number of rotatable bonds is 5. The molecule has 2 aromatic carbocycles. The summed E-state index contributed by atoms with van der Waals surface area (Å²) < 4.78 is 20.2. The molecule has 0 bridgehead atoms. The van der Waals surface area contributed by atoms with Gasteiger partial charge >= 0.3 is 0 Å². The van der Waals surface area contributed by atoms with Gasteiger partial charge in [-0.3, -0.25) is 9.36 Å². The van der Waals surface area contributed by atoms with Gasteiger partial charge < -0.3 is 15.8 Å². The predicted molar refractivity (Wildman–Crippen MR) is 110 cm³/mol. The van der Waals surface area contributed by atoms with Crippen LogP contribution in [0, 0.1) is 5.82 Å². The molecule has 0 aliphatic carbocycles. The maximum atomic E-state index is 13.7. The third-order valence-corrected chi connectivity index (χ3v) is 4.77. The Morgan fingerprint density at radius 2 is 1.97 bits per heavy atom. The van der Waals surface area contributed by atoms with E-state index >= 15 is 0 Å². The quantitative estimate of drug-likeness (QED) is 0.489.